The van der Waals surface area contributed by atoms with Gasteiger partial charge in [0.15, 0.2) is 15.8 Å². The van der Waals surface area contributed by atoms with E-state index in [-0.39, 0.29) is 5.75 Å². The molecule has 0 aliphatic carbocycles. The maximum absolute atomic E-state index is 12.0. The highest BCUT2D eigenvalue weighted by atomic mass is 32.2. The van der Waals surface area contributed by atoms with Gasteiger partial charge in [0.2, 0.25) is 0 Å². The molecule has 126 valence electrons. The number of thiazole rings is 1. The molecule has 1 heterocycles. The maximum atomic E-state index is 12.0. The number of aromatic nitrogens is 1. The molecule has 0 aliphatic heterocycles. The van der Waals surface area contributed by atoms with Crippen LogP contribution in [0, 0.1) is 13.8 Å². The molecule has 0 amide bonds. The van der Waals surface area contributed by atoms with Crippen LogP contribution in [-0.2, 0) is 16.4 Å². The largest absolute Gasteiger partial charge is 0.355 e. The standard InChI is InChI=1S/C14H26N4O2S2/c1-10-12(21-11(2)18-10)9-17-13(15-6)16-7-8-22(19,20)14(3,4)5/h7-9H2,1-6H3,(H2,15,16,17). The Kier molecular flexibility index (Phi) is 6.37. The summed E-state index contributed by atoms with van der Waals surface area (Å²) in [5, 5.41) is 7.25. The molecule has 0 bridgehead atoms. The Hall–Kier alpha value is -1.15. The van der Waals surface area contributed by atoms with Crippen molar-refractivity contribution in [3.63, 3.8) is 0 Å². The molecule has 22 heavy (non-hydrogen) atoms. The first-order valence-electron chi connectivity index (χ1n) is 7.16. The van der Waals surface area contributed by atoms with Gasteiger partial charge in [-0.05, 0) is 34.6 Å². The number of nitrogens with zero attached hydrogens (tertiary/aromatic N) is 2. The van der Waals surface area contributed by atoms with Crippen molar-refractivity contribution in [2.45, 2.75) is 45.9 Å². The summed E-state index contributed by atoms with van der Waals surface area (Å²) in [4.78, 5) is 9.64. The summed E-state index contributed by atoms with van der Waals surface area (Å²) < 4.78 is 23.4. The predicted molar refractivity (Wildman–Crippen MR) is 93.3 cm³/mol. The number of hydrogen-bond acceptors (Lipinski definition) is 5. The maximum Gasteiger partial charge on any atom is 0.191 e. The Labute approximate surface area is 137 Å². The van der Waals surface area contributed by atoms with Crippen LogP contribution < -0.4 is 10.6 Å². The molecule has 0 unspecified atom stereocenters. The highest BCUT2D eigenvalue weighted by molar-refractivity contribution is 7.92. The van der Waals surface area contributed by atoms with E-state index in [0.717, 1.165) is 15.6 Å². The third-order valence-corrected chi connectivity index (χ3v) is 6.92. The third kappa shape index (κ3) is 5.24. The molecule has 1 aromatic heterocycles. The molecule has 0 spiro atoms. The van der Waals surface area contributed by atoms with E-state index in [9.17, 15) is 8.42 Å². The Balaban J connectivity index is 2.49. The monoisotopic (exact) mass is 346 g/mol. The normalized spacial score (nSPS) is 13.3. The van der Waals surface area contributed by atoms with E-state index in [1.807, 2.05) is 13.8 Å². The van der Waals surface area contributed by atoms with E-state index in [0.29, 0.717) is 19.0 Å². The smallest absolute Gasteiger partial charge is 0.191 e. The highest BCUT2D eigenvalue weighted by Crippen LogP contribution is 2.16. The fourth-order valence-electron chi connectivity index (χ4n) is 1.73. The molecule has 0 saturated carbocycles. The number of nitrogens with one attached hydrogen (secondary N) is 2. The van der Waals surface area contributed by atoms with Gasteiger partial charge in [-0.1, -0.05) is 0 Å². The number of rotatable bonds is 5. The van der Waals surface area contributed by atoms with Gasteiger partial charge in [0.25, 0.3) is 0 Å². The van der Waals surface area contributed by atoms with E-state index >= 15 is 0 Å². The molecule has 0 radical (unpaired) electrons. The molecule has 0 aromatic carbocycles. The molecule has 1 aromatic rings. The summed E-state index contributed by atoms with van der Waals surface area (Å²) in [6.45, 7) is 10.1. The van der Waals surface area contributed by atoms with Crippen LogP contribution in [0.5, 0.6) is 0 Å². The van der Waals surface area contributed by atoms with Crippen LogP contribution in [0.1, 0.15) is 36.3 Å². The van der Waals surface area contributed by atoms with Gasteiger partial charge in [0.05, 0.1) is 27.7 Å². The molecule has 2 N–H and O–H groups in total. The predicted octanol–water partition coefficient (Wildman–Crippen LogP) is 1.64. The second-order valence-corrected chi connectivity index (χ2v) is 10.2. The molecule has 0 atom stereocenters. The molecule has 1 rings (SSSR count). The fraction of sp³-hybridized carbons (Fsp3) is 0.714. The van der Waals surface area contributed by atoms with Crippen LogP contribution in [0.25, 0.3) is 0 Å². The molecule has 6 nitrogen and oxygen atoms in total. The second kappa shape index (κ2) is 7.41. The quantitative estimate of drug-likeness (QED) is 0.625. The van der Waals surface area contributed by atoms with Gasteiger partial charge >= 0.3 is 0 Å². The lowest BCUT2D eigenvalue weighted by Gasteiger charge is -2.19. The zero-order valence-electron chi connectivity index (χ0n) is 14.1. The summed E-state index contributed by atoms with van der Waals surface area (Å²) in [6, 6.07) is 0. The number of sulfone groups is 1. The van der Waals surface area contributed by atoms with Crippen molar-refractivity contribution in [1.29, 1.82) is 0 Å². The summed E-state index contributed by atoms with van der Waals surface area (Å²) in [7, 11) is -1.46. The van der Waals surface area contributed by atoms with Crippen LogP contribution in [0.3, 0.4) is 0 Å². The molecule has 8 heteroatoms. The van der Waals surface area contributed by atoms with Crippen molar-refractivity contribution in [3.05, 3.63) is 15.6 Å². The molecular weight excluding hydrogens is 320 g/mol. The van der Waals surface area contributed by atoms with Crippen LogP contribution >= 0.6 is 11.3 Å². The van der Waals surface area contributed by atoms with Gasteiger partial charge in [-0.3, -0.25) is 4.99 Å². The van der Waals surface area contributed by atoms with Gasteiger partial charge in [-0.15, -0.1) is 11.3 Å². The Morgan fingerprint density at radius 3 is 2.36 bits per heavy atom. The molecule has 0 aliphatic rings. The lowest BCUT2D eigenvalue weighted by atomic mass is 10.3. The van der Waals surface area contributed by atoms with E-state index in [1.165, 1.54) is 0 Å². The number of guanidine groups is 1. The topological polar surface area (TPSA) is 83.5 Å². The summed E-state index contributed by atoms with van der Waals surface area (Å²) in [5.74, 6) is 0.671. The number of hydrogen-bond donors (Lipinski definition) is 2. The van der Waals surface area contributed by atoms with Gasteiger partial charge in [0.1, 0.15) is 0 Å². The Morgan fingerprint density at radius 2 is 1.91 bits per heavy atom. The lowest BCUT2D eigenvalue weighted by molar-refractivity contribution is 0.559. The van der Waals surface area contributed by atoms with Crippen LogP contribution in [-0.4, -0.2) is 43.5 Å². The van der Waals surface area contributed by atoms with Crippen molar-refractivity contribution in [2.75, 3.05) is 19.3 Å². The zero-order valence-corrected chi connectivity index (χ0v) is 15.8. The van der Waals surface area contributed by atoms with Gasteiger partial charge < -0.3 is 10.6 Å². The second-order valence-electron chi connectivity index (χ2n) is 6.03. The van der Waals surface area contributed by atoms with Crippen molar-refractivity contribution < 1.29 is 8.42 Å². The van der Waals surface area contributed by atoms with Crippen molar-refractivity contribution in [3.8, 4) is 0 Å². The number of aryl methyl sites for hydroxylation is 2. The molecule has 0 saturated heterocycles. The first-order valence-corrected chi connectivity index (χ1v) is 9.63. The van der Waals surface area contributed by atoms with E-state index in [2.05, 4.69) is 20.6 Å². The van der Waals surface area contributed by atoms with Crippen molar-refractivity contribution in [1.82, 2.24) is 15.6 Å². The minimum atomic E-state index is -3.13. The van der Waals surface area contributed by atoms with Crippen LogP contribution in [0.15, 0.2) is 4.99 Å². The van der Waals surface area contributed by atoms with E-state index in [1.54, 1.807) is 39.2 Å². The van der Waals surface area contributed by atoms with E-state index < -0.39 is 14.6 Å². The zero-order chi connectivity index (χ0) is 17.0. The van der Waals surface area contributed by atoms with Crippen LogP contribution in [0.2, 0.25) is 0 Å². The first kappa shape index (κ1) is 18.9. The fourth-order valence-corrected chi connectivity index (χ4v) is 3.59. The van der Waals surface area contributed by atoms with Gasteiger partial charge in [-0.25, -0.2) is 13.4 Å². The third-order valence-electron chi connectivity index (χ3n) is 3.24. The SMILES string of the molecule is CN=C(NCCS(=O)(=O)C(C)(C)C)NCc1sc(C)nc1C. The minimum absolute atomic E-state index is 0.0793. The Morgan fingerprint density at radius 1 is 1.27 bits per heavy atom. The summed E-state index contributed by atoms with van der Waals surface area (Å²) in [6.07, 6.45) is 0. The van der Waals surface area contributed by atoms with Crippen LogP contribution in [0.4, 0.5) is 0 Å². The Bertz CT molecular complexity index is 628. The van der Waals surface area contributed by atoms with Crippen molar-refractivity contribution >= 4 is 27.1 Å². The minimum Gasteiger partial charge on any atom is -0.355 e. The van der Waals surface area contributed by atoms with E-state index in [4.69, 9.17) is 0 Å². The lowest BCUT2D eigenvalue weighted by Crippen LogP contribution is -2.41. The van der Waals surface area contributed by atoms with Gasteiger partial charge in [0, 0.05) is 18.5 Å². The summed E-state index contributed by atoms with van der Waals surface area (Å²) >= 11 is 1.65. The first-order chi connectivity index (χ1) is 10.1. The highest BCUT2D eigenvalue weighted by Gasteiger charge is 2.28. The van der Waals surface area contributed by atoms with Crippen molar-refractivity contribution in [2.24, 2.45) is 4.99 Å². The molecular formula is C14H26N4O2S2. The average Bonchev–Trinajstić information content (AvgIpc) is 2.70. The average molecular weight is 347 g/mol. The summed E-state index contributed by atoms with van der Waals surface area (Å²) in [5.41, 5.74) is 1.01. The molecule has 0 fully saturated rings. The van der Waals surface area contributed by atoms with Gasteiger partial charge in [-0.2, -0.15) is 0 Å². The number of aliphatic imine (C=N–C) groups is 1.